The van der Waals surface area contributed by atoms with E-state index in [1.807, 2.05) is 6.92 Å². The lowest BCUT2D eigenvalue weighted by Crippen LogP contribution is -1.97. The fourth-order valence-corrected chi connectivity index (χ4v) is 0.327. The molecule has 0 aliphatic heterocycles. The second-order valence-corrected chi connectivity index (χ2v) is 1.41. The number of hydrogen-bond acceptors (Lipinski definition) is 1. The van der Waals surface area contributed by atoms with Gasteiger partial charge in [-0.3, -0.25) is 0 Å². The van der Waals surface area contributed by atoms with Crippen LogP contribution in [0, 0.1) is 11.3 Å². The maximum Gasteiger partial charge on any atom is 0.179 e. The number of nitriles is 1. The molecule has 0 fully saturated rings. The first-order valence-electron chi connectivity index (χ1n) is 2.36. The normalized spacial score (nSPS) is 12.7. The van der Waals surface area contributed by atoms with Gasteiger partial charge in [-0.15, -0.1) is 0 Å². The summed E-state index contributed by atoms with van der Waals surface area (Å²) in [6, 6.07) is 1.61. The Morgan fingerprint density at radius 3 is 2.57 bits per heavy atom. The Balaban J connectivity index is 3.04. The standard InChI is InChI=1S/C5H8NO/c1-2-3-5(7)4-6/h5H,2-3H2,1H3. The first kappa shape index (κ1) is 6.45. The van der Waals surface area contributed by atoms with E-state index in [1.165, 1.54) is 0 Å². The first-order chi connectivity index (χ1) is 3.31. The van der Waals surface area contributed by atoms with Crippen LogP contribution in [0.4, 0.5) is 0 Å². The second-order valence-electron chi connectivity index (χ2n) is 1.41. The molecule has 0 aliphatic rings. The van der Waals surface area contributed by atoms with Crippen LogP contribution in [-0.2, 0) is 5.11 Å². The highest BCUT2D eigenvalue weighted by Crippen LogP contribution is 1.92. The van der Waals surface area contributed by atoms with Gasteiger partial charge in [0.25, 0.3) is 0 Å². The van der Waals surface area contributed by atoms with Crippen LogP contribution in [0.15, 0.2) is 0 Å². The molecule has 0 aliphatic carbocycles. The van der Waals surface area contributed by atoms with Crippen molar-refractivity contribution >= 4 is 0 Å². The van der Waals surface area contributed by atoms with Crippen molar-refractivity contribution in [3.8, 4) is 6.07 Å². The predicted octanol–water partition coefficient (Wildman–Crippen LogP) is 1.11. The molecule has 2 heteroatoms. The molecule has 0 heterocycles. The molecule has 0 rings (SSSR count). The van der Waals surface area contributed by atoms with Gasteiger partial charge in [-0.1, -0.05) is 13.3 Å². The summed E-state index contributed by atoms with van der Waals surface area (Å²) in [5.74, 6) is 0. The summed E-state index contributed by atoms with van der Waals surface area (Å²) < 4.78 is 0. The van der Waals surface area contributed by atoms with Gasteiger partial charge in [0.2, 0.25) is 0 Å². The van der Waals surface area contributed by atoms with Gasteiger partial charge in [0.15, 0.2) is 6.10 Å². The van der Waals surface area contributed by atoms with Gasteiger partial charge in [0, 0.05) is 0 Å². The average Bonchev–Trinajstić information content (AvgIpc) is 1.68. The number of nitrogens with zero attached hydrogens (tertiary/aromatic N) is 1. The molecule has 1 unspecified atom stereocenters. The largest absolute Gasteiger partial charge is 0.217 e. The van der Waals surface area contributed by atoms with E-state index in [1.54, 1.807) is 6.07 Å². The average molecular weight is 98.1 g/mol. The van der Waals surface area contributed by atoms with Crippen LogP contribution in [0.5, 0.6) is 0 Å². The van der Waals surface area contributed by atoms with Gasteiger partial charge >= 0.3 is 0 Å². The number of rotatable bonds is 2. The third-order valence-electron chi connectivity index (χ3n) is 0.695. The molecule has 0 saturated heterocycles. The molecule has 0 aromatic carbocycles. The zero-order chi connectivity index (χ0) is 5.70. The van der Waals surface area contributed by atoms with Crippen LogP contribution < -0.4 is 0 Å². The van der Waals surface area contributed by atoms with Crippen molar-refractivity contribution in [3.63, 3.8) is 0 Å². The van der Waals surface area contributed by atoms with Crippen molar-refractivity contribution < 1.29 is 5.11 Å². The van der Waals surface area contributed by atoms with E-state index in [0.29, 0.717) is 6.42 Å². The molecule has 39 valence electrons. The second kappa shape index (κ2) is 3.63. The topological polar surface area (TPSA) is 43.7 Å². The van der Waals surface area contributed by atoms with E-state index in [-0.39, 0.29) is 0 Å². The summed E-state index contributed by atoms with van der Waals surface area (Å²) in [6.45, 7) is 1.89. The molecular weight excluding hydrogens is 90.1 g/mol. The SMILES string of the molecule is CCCC([O])C#N. The third-order valence-corrected chi connectivity index (χ3v) is 0.695. The minimum absolute atomic E-state index is 0.483. The lowest BCUT2D eigenvalue weighted by Gasteiger charge is -1.89. The van der Waals surface area contributed by atoms with E-state index < -0.39 is 6.10 Å². The highest BCUT2D eigenvalue weighted by molar-refractivity contribution is 4.80. The lowest BCUT2D eigenvalue weighted by molar-refractivity contribution is 0.127. The molecular formula is C5H8NO. The minimum Gasteiger partial charge on any atom is -0.217 e. The summed E-state index contributed by atoms with van der Waals surface area (Å²) in [6.07, 6.45) is 0.295. The Labute approximate surface area is 43.4 Å². The zero-order valence-corrected chi connectivity index (χ0v) is 4.35. The van der Waals surface area contributed by atoms with Crippen molar-refractivity contribution in [2.45, 2.75) is 25.9 Å². The molecule has 0 aromatic rings. The molecule has 0 bridgehead atoms. The predicted molar refractivity (Wildman–Crippen MR) is 25.0 cm³/mol. The van der Waals surface area contributed by atoms with Crippen LogP contribution in [0.1, 0.15) is 19.8 Å². The molecule has 0 spiro atoms. The Morgan fingerprint density at radius 2 is 2.43 bits per heavy atom. The Hall–Kier alpha value is -0.550. The zero-order valence-electron chi connectivity index (χ0n) is 4.35. The van der Waals surface area contributed by atoms with E-state index in [0.717, 1.165) is 6.42 Å². The van der Waals surface area contributed by atoms with E-state index >= 15 is 0 Å². The number of hydrogen-bond donors (Lipinski definition) is 0. The fourth-order valence-electron chi connectivity index (χ4n) is 0.327. The molecule has 0 N–H and O–H groups in total. The van der Waals surface area contributed by atoms with Crippen LogP contribution in [0.2, 0.25) is 0 Å². The summed E-state index contributed by atoms with van der Waals surface area (Å²) in [4.78, 5) is 0. The van der Waals surface area contributed by atoms with Gasteiger partial charge in [0.05, 0.1) is 6.07 Å². The van der Waals surface area contributed by atoms with Crippen molar-refractivity contribution in [1.82, 2.24) is 0 Å². The van der Waals surface area contributed by atoms with Gasteiger partial charge < -0.3 is 0 Å². The first-order valence-corrected chi connectivity index (χ1v) is 2.36. The molecule has 7 heavy (non-hydrogen) atoms. The Kier molecular flexibility index (Phi) is 3.35. The quantitative estimate of drug-likeness (QED) is 0.510. The summed E-state index contributed by atoms with van der Waals surface area (Å²) in [5, 5.41) is 18.0. The highest BCUT2D eigenvalue weighted by atomic mass is 16.3. The van der Waals surface area contributed by atoms with Crippen LogP contribution in [-0.4, -0.2) is 6.10 Å². The smallest absolute Gasteiger partial charge is 0.179 e. The van der Waals surface area contributed by atoms with Gasteiger partial charge in [0.1, 0.15) is 0 Å². The lowest BCUT2D eigenvalue weighted by atomic mass is 10.2. The molecule has 1 radical (unpaired) electrons. The minimum atomic E-state index is -0.995. The monoisotopic (exact) mass is 98.1 g/mol. The van der Waals surface area contributed by atoms with Gasteiger partial charge in [-0.05, 0) is 6.42 Å². The van der Waals surface area contributed by atoms with Crippen molar-refractivity contribution in [3.05, 3.63) is 0 Å². The Morgan fingerprint density at radius 1 is 1.86 bits per heavy atom. The van der Waals surface area contributed by atoms with E-state index in [2.05, 4.69) is 0 Å². The van der Waals surface area contributed by atoms with Crippen LogP contribution in [0.25, 0.3) is 0 Å². The molecule has 0 amide bonds. The van der Waals surface area contributed by atoms with Crippen LogP contribution in [0.3, 0.4) is 0 Å². The highest BCUT2D eigenvalue weighted by Gasteiger charge is 1.97. The Bertz CT molecular complexity index is 74.6. The molecule has 1 atom stereocenters. The molecule has 0 saturated carbocycles. The third kappa shape index (κ3) is 3.28. The van der Waals surface area contributed by atoms with Crippen LogP contribution >= 0.6 is 0 Å². The fraction of sp³-hybridized carbons (Fsp3) is 0.800. The molecule has 2 nitrogen and oxygen atoms in total. The van der Waals surface area contributed by atoms with E-state index in [4.69, 9.17) is 5.26 Å². The van der Waals surface area contributed by atoms with Gasteiger partial charge in [-0.2, -0.15) is 5.26 Å². The summed E-state index contributed by atoms with van der Waals surface area (Å²) in [5.41, 5.74) is 0. The maximum atomic E-state index is 10.1. The van der Waals surface area contributed by atoms with Crippen molar-refractivity contribution in [2.75, 3.05) is 0 Å². The summed E-state index contributed by atoms with van der Waals surface area (Å²) in [7, 11) is 0. The summed E-state index contributed by atoms with van der Waals surface area (Å²) >= 11 is 0. The van der Waals surface area contributed by atoms with Crippen molar-refractivity contribution in [2.24, 2.45) is 0 Å². The van der Waals surface area contributed by atoms with E-state index in [9.17, 15) is 5.11 Å². The van der Waals surface area contributed by atoms with Gasteiger partial charge in [-0.25, -0.2) is 5.11 Å². The molecule has 0 aromatic heterocycles. The van der Waals surface area contributed by atoms with Crippen molar-refractivity contribution in [1.29, 1.82) is 5.26 Å². The maximum absolute atomic E-state index is 10.1.